The number of aromatic hydroxyl groups is 1. The number of halogens is 1. The molecule has 0 radical (unpaired) electrons. The zero-order valence-electron chi connectivity index (χ0n) is 8.47. The van der Waals surface area contributed by atoms with Crippen molar-refractivity contribution < 1.29 is 9.50 Å². The van der Waals surface area contributed by atoms with Crippen molar-refractivity contribution in [3.63, 3.8) is 0 Å². The van der Waals surface area contributed by atoms with Crippen LogP contribution in [0.15, 0.2) is 18.2 Å². The Kier molecular flexibility index (Phi) is 5.94. The minimum atomic E-state index is -0.551. The van der Waals surface area contributed by atoms with Crippen LogP contribution in [-0.2, 0) is 6.42 Å². The van der Waals surface area contributed by atoms with Crippen molar-refractivity contribution in [1.29, 1.82) is 0 Å². The third-order valence-electron chi connectivity index (χ3n) is 1.55. The van der Waals surface area contributed by atoms with E-state index in [4.69, 9.17) is 5.11 Å². The maximum Gasteiger partial charge on any atom is 0.164 e. The fourth-order valence-corrected chi connectivity index (χ4v) is 1.00. The van der Waals surface area contributed by atoms with Crippen LogP contribution in [0.25, 0.3) is 0 Å². The summed E-state index contributed by atoms with van der Waals surface area (Å²) in [4.78, 5) is 0. The van der Waals surface area contributed by atoms with Crippen LogP contribution in [0.5, 0.6) is 5.75 Å². The Morgan fingerprint density at radius 3 is 2.38 bits per heavy atom. The first kappa shape index (κ1) is 11.9. The lowest BCUT2D eigenvalue weighted by Crippen LogP contribution is -1.83. The SMILES string of the molecule is CC.CCCc1ccc(F)c(O)c1. The molecular weight excluding hydrogens is 167 g/mol. The van der Waals surface area contributed by atoms with E-state index in [1.165, 1.54) is 12.1 Å². The predicted molar refractivity (Wildman–Crippen MR) is 53.4 cm³/mol. The quantitative estimate of drug-likeness (QED) is 0.745. The largest absolute Gasteiger partial charge is 0.505 e. The molecule has 0 unspecified atom stereocenters. The Morgan fingerprint density at radius 2 is 1.92 bits per heavy atom. The smallest absolute Gasteiger partial charge is 0.164 e. The van der Waals surface area contributed by atoms with Gasteiger partial charge in [0, 0.05) is 0 Å². The summed E-state index contributed by atoms with van der Waals surface area (Å²) in [5.41, 5.74) is 0.978. The molecule has 0 saturated heterocycles. The fourth-order valence-electron chi connectivity index (χ4n) is 1.00. The summed E-state index contributed by atoms with van der Waals surface area (Å²) in [6, 6.07) is 4.46. The molecule has 0 aliphatic rings. The molecule has 0 atom stereocenters. The van der Waals surface area contributed by atoms with E-state index in [-0.39, 0.29) is 5.75 Å². The van der Waals surface area contributed by atoms with Gasteiger partial charge in [0.1, 0.15) is 0 Å². The molecule has 0 bridgehead atoms. The highest BCUT2D eigenvalue weighted by atomic mass is 19.1. The lowest BCUT2D eigenvalue weighted by Gasteiger charge is -1.99. The molecule has 1 rings (SSSR count). The number of hydrogen-bond acceptors (Lipinski definition) is 1. The molecule has 1 aromatic rings. The minimum Gasteiger partial charge on any atom is -0.505 e. The Labute approximate surface area is 79.2 Å². The van der Waals surface area contributed by atoms with E-state index in [1.807, 2.05) is 20.8 Å². The Morgan fingerprint density at radius 1 is 1.31 bits per heavy atom. The monoisotopic (exact) mass is 184 g/mol. The van der Waals surface area contributed by atoms with Crippen LogP contribution in [0, 0.1) is 5.82 Å². The van der Waals surface area contributed by atoms with Crippen molar-refractivity contribution in [2.45, 2.75) is 33.6 Å². The van der Waals surface area contributed by atoms with Gasteiger partial charge in [-0.25, -0.2) is 4.39 Å². The number of benzene rings is 1. The topological polar surface area (TPSA) is 20.2 Å². The molecule has 0 amide bonds. The summed E-state index contributed by atoms with van der Waals surface area (Å²) in [6.45, 7) is 6.04. The zero-order chi connectivity index (χ0) is 10.3. The van der Waals surface area contributed by atoms with Crippen LogP contribution in [0.3, 0.4) is 0 Å². The summed E-state index contributed by atoms with van der Waals surface area (Å²) < 4.78 is 12.5. The van der Waals surface area contributed by atoms with Gasteiger partial charge in [0.05, 0.1) is 0 Å². The van der Waals surface area contributed by atoms with E-state index in [2.05, 4.69) is 0 Å². The number of phenols is 1. The normalized spacial score (nSPS) is 8.92. The van der Waals surface area contributed by atoms with E-state index in [0.717, 1.165) is 18.4 Å². The first-order valence-electron chi connectivity index (χ1n) is 4.71. The van der Waals surface area contributed by atoms with Crippen molar-refractivity contribution in [2.75, 3.05) is 0 Å². The summed E-state index contributed by atoms with van der Waals surface area (Å²) in [5.74, 6) is -0.805. The van der Waals surface area contributed by atoms with Crippen molar-refractivity contribution in [2.24, 2.45) is 0 Å². The lowest BCUT2D eigenvalue weighted by molar-refractivity contribution is 0.431. The Hall–Kier alpha value is -1.05. The standard InChI is InChI=1S/C9H11FO.C2H6/c1-2-3-7-4-5-8(10)9(11)6-7;1-2/h4-6,11H,2-3H2,1H3;1-2H3. The number of rotatable bonds is 2. The number of aryl methyl sites for hydroxylation is 1. The molecule has 2 heteroatoms. The van der Waals surface area contributed by atoms with Gasteiger partial charge in [0.15, 0.2) is 11.6 Å². The van der Waals surface area contributed by atoms with Crippen LogP contribution in [-0.4, -0.2) is 5.11 Å². The Balaban J connectivity index is 0.000000671. The van der Waals surface area contributed by atoms with Crippen LogP contribution in [0.4, 0.5) is 4.39 Å². The van der Waals surface area contributed by atoms with Gasteiger partial charge in [-0.05, 0) is 24.1 Å². The van der Waals surface area contributed by atoms with E-state index in [0.29, 0.717) is 0 Å². The second-order valence-electron chi connectivity index (χ2n) is 2.54. The molecule has 74 valence electrons. The molecule has 0 fully saturated rings. The summed E-state index contributed by atoms with van der Waals surface area (Å²) in [6.07, 6.45) is 1.89. The van der Waals surface area contributed by atoms with Crippen LogP contribution in [0.2, 0.25) is 0 Å². The molecule has 0 aliphatic carbocycles. The number of phenolic OH excluding ortho intramolecular Hbond substituents is 1. The summed E-state index contributed by atoms with van der Waals surface area (Å²) in [5, 5.41) is 8.95. The van der Waals surface area contributed by atoms with Gasteiger partial charge in [0.25, 0.3) is 0 Å². The van der Waals surface area contributed by atoms with Gasteiger partial charge in [-0.15, -0.1) is 0 Å². The second kappa shape index (κ2) is 6.46. The van der Waals surface area contributed by atoms with Crippen molar-refractivity contribution in [3.05, 3.63) is 29.6 Å². The molecule has 0 aromatic heterocycles. The maximum atomic E-state index is 12.5. The molecule has 0 aliphatic heterocycles. The fraction of sp³-hybridized carbons (Fsp3) is 0.455. The average molecular weight is 184 g/mol. The molecule has 0 spiro atoms. The molecule has 1 N–H and O–H groups in total. The second-order valence-corrected chi connectivity index (χ2v) is 2.54. The van der Waals surface area contributed by atoms with Gasteiger partial charge in [-0.3, -0.25) is 0 Å². The average Bonchev–Trinajstić information content (AvgIpc) is 2.15. The molecular formula is C11H17FO. The van der Waals surface area contributed by atoms with Crippen LogP contribution in [0.1, 0.15) is 32.8 Å². The summed E-state index contributed by atoms with van der Waals surface area (Å²) in [7, 11) is 0. The lowest BCUT2D eigenvalue weighted by atomic mass is 10.1. The van der Waals surface area contributed by atoms with E-state index in [1.54, 1.807) is 6.07 Å². The van der Waals surface area contributed by atoms with Crippen molar-refractivity contribution in [1.82, 2.24) is 0 Å². The third kappa shape index (κ3) is 3.92. The van der Waals surface area contributed by atoms with Gasteiger partial charge in [-0.2, -0.15) is 0 Å². The van der Waals surface area contributed by atoms with Gasteiger partial charge in [-0.1, -0.05) is 33.3 Å². The molecule has 13 heavy (non-hydrogen) atoms. The first-order chi connectivity index (χ1) is 6.24. The van der Waals surface area contributed by atoms with Crippen LogP contribution < -0.4 is 0 Å². The van der Waals surface area contributed by atoms with Gasteiger partial charge in [0.2, 0.25) is 0 Å². The van der Waals surface area contributed by atoms with Gasteiger partial charge >= 0.3 is 0 Å². The molecule has 0 saturated carbocycles. The highest BCUT2D eigenvalue weighted by Crippen LogP contribution is 2.17. The van der Waals surface area contributed by atoms with E-state index >= 15 is 0 Å². The summed E-state index contributed by atoms with van der Waals surface area (Å²) >= 11 is 0. The van der Waals surface area contributed by atoms with Crippen LogP contribution >= 0.6 is 0 Å². The maximum absolute atomic E-state index is 12.5. The third-order valence-corrected chi connectivity index (χ3v) is 1.55. The zero-order valence-corrected chi connectivity index (χ0v) is 8.47. The highest BCUT2D eigenvalue weighted by molar-refractivity contribution is 5.28. The van der Waals surface area contributed by atoms with Gasteiger partial charge < -0.3 is 5.11 Å². The number of hydrogen-bond donors (Lipinski definition) is 1. The first-order valence-corrected chi connectivity index (χ1v) is 4.71. The molecule has 1 nitrogen and oxygen atoms in total. The predicted octanol–water partition coefficient (Wildman–Crippen LogP) is 3.51. The van der Waals surface area contributed by atoms with E-state index < -0.39 is 5.82 Å². The molecule has 0 heterocycles. The van der Waals surface area contributed by atoms with Crippen molar-refractivity contribution in [3.8, 4) is 5.75 Å². The minimum absolute atomic E-state index is 0.254. The van der Waals surface area contributed by atoms with Crippen molar-refractivity contribution >= 4 is 0 Å². The molecule has 1 aromatic carbocycles. The Bertz CT molecular complexity index is 246. The highest BCUT2D eigenvalue weighted by Gasteiger charge is 1.99. The van der Waals surface area contributed by atoms with E-state index in [9.17, 15) is 4.39 Å².